The van der Waals surface area contributed by atoms with Gasteiger partial charge in [-0.1, -0.05) is 48.0 Å². The molecule has 0 saturated heterocycles. The van der Waals surface area contributed by atoms with Crippen molar-refractivity contribution in [3.63, 3.8) is 0 Å². The smallest absolute Gasteiger partial charge is 0.0338 e. The molecule has 1 nitrogen and oxygen atoms in total. The highest BCUT2D eigenvalue weighted by molar-refractivity contribution is 5.86. The molecule has 17 heavy (non-hydrogen) atoms. The maximum atomic E-state index is 6.20. The van der Waals surface area contributed by atoms with Crippen LogP contribution in [0.2, 0.25) is 0 Å². The minimum atomic E-state index is 0. The SMILES string of the molecule is C=C(C)C[C@@H](N)c1cccc2ccccc12.Cl. The van der Waals surface area contributed by atoms with Gasteiger partial charge in [-0.2, -0.15) is 0 Å². The van der Waals surface area contributed by atoms with Crippen LogP contribution in [-0.4, -0.2) is 0 Å². The average Bonchev–Trinajstić information content (AvgIpc) is 2.27. The molecule has 0 fully saturated rings. The Balaban J connectivity index is 0.00000144. The molecule has 2 aromatic rings. The third-order valence-electron chi connectivity index (χ3n) is 2.79. The summed E-state index contributed by atoms with van der Waals surface area (Å²) in [4.78, 5) is 0. The van der Waals surface area contributed by atoms with Crippen molar-refractivity contribution in [3.05, 3.63) is 60.2 Å². The lowest BCUT2D eigenvalue weighted by atomic mass is 9.95. The second kappa shape index (κ2) is 5.85. The van der Waals surface area contributed by atoms with Crippen LogP contribution in [0.4, 0.5) is 0 Å². The molecule has 90 valence electrons. The van der Waals surface area contributed by atoms with Crippen LogP contribution in [0.3, 0.4) is 0 Å². The molecule has 0 spiro atoms. The second-order valence-corrected chi connectivity index (χ2v) is 4.34. The summed E-state index contributed by atoms with van der Waals surface area (Å²) in [5.74, 6) is 0. The van der Waals surface area contributed by atoms with Gasteiger partial charge in [-0.15, -0.1) is 19.0 Å². The van der Waals surface area contributed by atoms with E-state index in [0.29, 0.717) is 0 Å². The molecule has 0 unspecified atom stereocenters. The summed E-state index contributed by atoms with van der Waals surface area (Å²) < 4.78 is 0. The van der Waals surface area contributed by atoms with E-state index in [1.165, 1.54) is 16.3 Å². The number of hydrogen-bond acceptors (Lipinski definition) is 1. The molecule has 0 aliphatic carbocycles. The lowest BCUT2D eigenvalue weighted by Gasteiger charge is -2.14. The highest BCUT2D eigenvalue weighted by atomic mass is 35.5. The van der Waals surface area contributed by atoms with Crippen molar-refractivity contribution < 1.29 is 0 Å². The van der Waals surface area contributed by atoms with Gasteiger partial charge in [-0.3, -0.25) is 0 Å². The summed E-state index contributed by atoms with van der Waals surface area (Å²) in [6.45, 7) is 5.94. The lowest BCUT2D eigenvalue weighted by molar-refractivity contribution is 0.723. The van der Waals surface area contributed by atoms with Crippen LogP contribution in [0.25, 0.3) is 10.8 Å². The quantitative estimate of drug-likeness (QED) is 0.808. The van der Waals surface area contributed by atoms with E-state index in [4.69, 9.17) is 5.73 Å². The zero-order valence-electron chi connectivity index (χ0n) is 10.0. The third kappa shape index (κ3) is 3.09. The van der Waals surface area contributed by atoms with Crippen LogP contribution < -0.4 is 5.73 Å². The molecule has 0 saturated carbocycles. The van der Waals surface area contributed by atoms with E-state index in [9.17, 15) is 0 Å². The summed E-state index contributed by atoms with van der Waals surface area (Å²) in [5, 5.41) is 2.50. The largest absolute Gasteiger partial charge is 0.324 e. The maximum Gasteiger partial charge on any atom is 0.0338 e. The van der Waals surface area contributed by atoms with Crippen molar-refractivity contribution >= 4 is 23.2 Å². The van der Waals surface area contributed by atoms with Gasteiger partial charge in [0, 0.05) is 6.04 Å². The first-order valence-electron chi connectivity index (χ1n) is 5.56. The van der Waals surface area contributed by atoms with E-state index in [1.54, 1.807) is 0 Å². The number of hydrogen-bond donors (Lipinski definition) is 1. The first-order valence-corrected chi connectivity index (χ1v) is 5.56. The van der Waals surface area contributed by atoms with Gasteiger partial charge < -0.3 is 5.73 Å². The Morgan fingerprint density at radius 2 is 1.82 bits per heavy atom. The highest BCUT2D eigenvalue weighted by Gasteiger charge is 2.09. The lowest BCUT2D eigenvalue weighted by Crippen LogP contribution is -2.10. The van der Waals surface area contributed by atoms with Crippen molar-refractivity contribution in [3.8, 4) is 0 Å². The summed E-state index contributed by atoms with van der Waals surface area (Å²) in [5.41, 5.74) is 8.54. The minimum Gasteiger partial charge on any atom is -0.324 e. The fourth-order valence-corrected chi connectivity index (χ4v) is 2.06. The van der Waals surface area contributed by atoms with Gasteiger partial charge in [0.05, 0.1) is 0 Å². The normalized spacial score (nSPS) is 11.9. The van der Waals surface area contributed by atoms with Gasteiger partial charge in [0.15, 0.2) is 0 Å². The third-order valence-corrected chi connectivity index (χ3v) is 2.79. The summed E-state index contributed by atoms with van der Waals surface area (Å²) >= 11 is 0. The molecule has 0 aliphatic heterocycles. The predicted molar refractivity (Wildman–Crippen MR) is 77.6 cm³/mol. The van der Waals surface area contributed by atoms with E-state index in [0.717, 1.165) is 12.0 Å². The van der Waals surface area contributed by atoms with Crippen LogP contribution in [0.15, 0.2) is 54.6 Å². The Kier molecular flexibility index (Phi) is 4.73. The Labute approximate surface area is 109 Å². The molecule has 0 aliphatic rings. The first kappa shape index (κ1) is 13.8. The first-order chi connectivity index (χ1) is 7.68. The number of benzene rings is 2. The van der Waals surface area contributed by atoms with Crippen LogP contribution in [0, 0.1) is 0 Å². The predicted octanol–water partition coefficient (Wildman–Crippen LogP) is 4.23. The van der Waals surface area contributed by atoms with E-state index in [1.807, 2.05) is 6.92 Å². The van der Waals surface area contributed by atoms with Crippen LogP contribution in [0.1, 0.15) is 24.9 Å². The van der Waals surface area contributed by atoms with Gasteiger partial charge in [0.1, 0.15) is 0 Å². The van der Waals surface area contributed by atoms with E-state index in [-0.39, 0.29) is 18.4 Å². The van der Waals surface area contributed by atoms with Crippen LogP contribution in [0.5, 0.6) is 0 Å². The molecule has 0 amide bonds. The van der Waals surface area contributed by atoms with E-state index >= 15 is 0 Å². The van der Waals surface area contributed by atoms with E-state index in [2.05, 4.69) is 49.0 Å². The number of halogens is 1. The minimum absolute atomic E-state index is 0. The number of rotatable bonds is 3. The van der Waals surface area contributed by atoms with Crippen molar-refractivity contribution in [2.24, 2.45) is 5.73 Å². The van der Waals surface area contributed by atoms with Gasteiger partial charge in [0.2, 0.25) is 0 Å². The number of fused-ring (bicyclic) bond motifs is 1. The average molecular weight is 248 g/mol. The second-order valence-electron chi connectivity index (χ2n) is 4.34. The molecule has 2 heteroatoms. The zero-order chi connectivity index (χ0) is 11.5. The molecule has 0 radical (unpaired) electrons. The highest BCUT2D eigenvalue weighted by Crippen LogP contribution is 2.26. The molecule has 0 aromatic heterocycles. The van der Waals surface area contributed by atoms with Gasteiger partial charge in [-0.05, 0) is 29.7 Å². The summed E-state index contributed by atoms with van der Waals surface area (Å²) in [7, 11) is 0. The van der Waals surface area contributed by atoms with Gasteiger partial charge in [0.25, 0.3) is 0 Å². The molecular weight excluding hydrogens is 230 g/mol. The Bertz CT molecular complexity index is 514. The monoisotopic (exact) mass is 247 g/mol. The fraction of sp³-hybridized carbons (Fsp3) is 0.200. The Morgan fingerprint density at radius 3 is 2.53 bits per heavy atom. The fourth-order valence-electron chi connectivity index (χ4n) is 2.06. The molecule has 0 heterocycles. The molecule has 2 aromatic carbocycles. The van der Waals surface area contributed by atoms with E-state index < -0.39 is 0 Å². The van der Waals surface area contributed by atoms with Crippen molar-refractivity contribution in [1.29, 1.82) is 0 Å². The molecule has 2 rings (SSSR count). The molecule has 0 bridgehead atoms. The van der Waals surface area contributed by atoms with Crippen molar-refractivity contribution in [2.45, 2.75) is 19.4 Å². The topological polar surface area (TPSA) is 26.0 Å². The standard InChI is InChI=1S/C15H17N.ClH/c1-11(2)10-15(16)14-9-5-7-12-6-3-4-8-13(12)14;/h3-9,15H,1,10,16H2,2H3;1H/t15-;/m1./s1. The summed E-state index contributed by atoms with van der Waals surface area (Å²) in [6.07, 6.45) is 0.841. The van der Waals surface area contributed by atoms with Crippen LogP contribution >= 0.6 is 12.4 Å². The molecule has 2 N–H and O–H groups in total. The zero-order valence-corrected chi connectivity index (χ0v) is 10.8. The van der Waals surface area contributed by atoms with Gasteiger partial charge >= 0.3 is 0 Å². The Hall–Kier alpha value is -1.31. The van der Waals surface area contributed by atoms with Gasteiger partial charge in [-0.25, -0.2) is 0 Å². The van der Waals surface area contributed by atoms with Crippen molar-refractivity contribution in [2.75, 3.05) is 0 Å². The molecule has 1 atom stereocenters. The van der Waals surface area contributed by atoms with Crippen molar-refractivity contribution in [1.82, 2.24) is 0 Å². The van der Waals surface area contributed by atoms with Crippen LogP contribution in [-0.2, 0) is 0 Å². The Morgan fingerprint density at radius 1 is 1.18 bits per heavy atom. The molecular formula is C15H18ClN. The maximum absolute atomic E-state index is 6.20. The number of nitrogens with two attached hydrogens (primary N) is 1. The summed E-state index contributed by atoms with van der Waals surface area (Å²) in [6, 6.07) is 14.7.